The Morgan fingerprint density at radius 1 is 1.09 bits per heavy atom. The van der Waals surface area contributed by atoms with Crippen LogP contribution in [0.25, 0.3) is 0 Å². The molecule has 1 saturated heterocycles. The molecule has 0 aliphatic carbocycles. The smallest absolute Gasteiger partial charge is 0.234 e. The normalized spacial score (nSPS) is 16.1. The Kier molecular flexibility index (Phi) is 7.16. The summed E-state index contributed by atoms with van der Waals surface area (Å²) >= 11 is 0. The molecule has 1 aliphatic heterocycles. The number of nitrogens with zero attached hydrogens (tertiary/aromatic N) is 2. The SMILES string of the molecule is CCOc1ccc(OCCNC(=O)CN2CCN(C)CC2)cc1. The molecule has 6 heteroatoms. The summed E-state index contributed by atoms with van der Waals surface area (Å²) in [6.07, 6.45) is 0. The fourth-order valence-corrected chi connectivity index (χ4v) is 2.42. The quantitative estimate of drug-likeness (QED) is 0.719. The Balaban J connectivity index is 1.58. The van der Waals surface area contributed by atoms with Crippen molar-refractivity contribution in [3.05, 3.63) is 24.3 Å². The molecule has 0 saturated carbocycles. The van der Waals surface area contributed by atoms with Crippen LogP contribution in [0.5, 0.6) is 11.5 Å². The van der Waals surface area contributed by atoms with Crippen LogP contribution < -0.4 is 14.8 Å². The van der Waals surface area contributed by atoms with Crippen LogP contribution in [0.15, 0.2) is 24.3 Å². The maximum absolute atomic E-state index is 11.9. The molecule has 0 unspecified atom stereocenters. The second-order valence-corrected chi connectivity index (χ2v) is 5.68. The van der Waals surface area contributed by atoms with Gasteiger partial charge in [0.1, 0.15) is 18.1 Å². The van der Waals surface area contributed by atoms with Gasteiger partial charge in [0.2, 0.25) is 5.91 Å². The Labute approximate surface area is 138 Å². The topological polar surface area (TPSA) is 54.0 Å². The number of likely N-dealkylation sites (N-methyl/N-ethyl adjacent to an activating group) is 1. The Bertz CT molecular complexity index is 470. The first-order valence-electron chi connectivity index (χ1n) is 8.20. The molecule has 1 heterocycles. The summed E-state index contributed by atoms with van der Waals surface area (Å²) in [5.74, 6) is 1.67. The standard InChI is InChI=1S/C17H27N3O3/c1-3-22-15-4-6-16(7-5-15)23-13-8-18-17(21)14-20-11-9-19(2)10-12-20/h4-7H,3,8-14H2,1-2H3,(H,18,21). The van der Waals surface area contributed by atoms with E-state index >= 15 is 0 Å². The molecule has 23 heavy (non-hydrogen) atoms. The third-order valence-electron chi connectivity index (χ3n) is 3.79. The van der Waals surface area contributed by atoms with Gasteiger partial charge in [0, 0.05) is 26.2 Å². The van der Waals surface area contributed by atoms with Gasteiger partial charge in [0.25, 0.3) is 0 Å². The van der Waals surface area contributed by atoms with Gasteiger partial charge in [-0.3, -0.25) is 9.69 Å². The molecule has 6 nitrogen and oxygen atoms in total. The Hall–Kier alpha value is -1.79. The van der Waals surface area contributed by atoms with E-state index in [9.17, 15) is 4.79 Å². The fraction of sp³-hybridized carbons (Fsp3) is 0.588. The molecule has 1 amide bonds. The van der Waals surface area contributed by atoms with E-state index in [4.69, 9.17) is 9.47 Å². The minimum absolute atomic E-state index is 0.0600. The number of benzene rings is 1. The zero-order valence-corrected chi connectivity index (χ0v) is 14.1. The van der Waals surface area contributed by atoms with Crippen molar-refractivity contribution in [2.24, 2.45) is 0 Å². The third kappa shape index (κ3) is 6.46. The monoisotopic (exact) mass is 321 g/mol. The van der Waals surface area contributed by atoms with E-state index in [0.29, 0.717) is 26.3 Å². The van der Waals surface area contributed by atoms with Gasteiger partial charge in [0.05, 0.1) is 19.7 Å². The van der Waals surface area contributed by atoms with Crippen molar-refractivity contribution in [2.45, 2.75) is 6.92 Å². The van der Waals surface area contributed by atoms with Gasteiger partial charge >= 0.3 is 0 Å². The summed E-state index contributed by atoms with van der Waals surface area (Å²) < 4.78 is 11.0. The second-order valence-electron chi connectivity index (χ2n) is 5.68. The van der Waals surface area contributed by atoms with E-state index in [-0.39, 0.29) is 5.91 Å². The van der Waals surface area contributed by atoms with Crippen molar-refractivity contribution in [3.63, 3.8) is 0 Å². The first kappa shape index (κ1) is 17.6. The summed E-state index contributed by atoms with van der Waals surface area (Å²) in [5, 5.41) is 2.90. The molecule has 0 spiro atoms. The Morgan fingerprint density at radius 2 is 1.70 bits per heavy atom. The maximum atomic E-state index is 11.9. The average molecular weight is 321 g/mol. The highest BCUT2D eigenvalue weighted by atomic mass is 16.5. The van der Waals surface area contributed by atoms with E-state index in [1.54, 1.807) is 0 Å². The third-order valence-corrected chi connectivity index (χ3v) is 3.79. The van der Waals surface area contributed by atoms with E-state index in [1.807, 2.05) is 31.2 Å². The van der Waals surface area contributed by atoms with Gasteiger partial charge in [0.15, 0.2) is 0 Å². The number of amides is 1. The van der Waals surface area contributed by atoms with Gasteiger partial charge in [-0.15, -0.1) is 0 Å². The summed E-state index contributed by atoms with van der Waals surface area (Å²) in [6.45, 7) is 8.00. The van der Waals surface area contributed by atoms with Crippen LogP contribution >= 0.6 is 0 Å². The van der Waals surface area contributed by atoms with Crippen molar-refractivity contribution in [2.75, 3.05) is 59.5 Å². The predicted molar refractivity (Wildman–Crippen MR) is 90.1 cm³/mol. The highest BCUT2D eigenvalue weighted by Crippen LogP contribution is 2.17. The largest absolute Gasteiger partial charge is 0.494 e. The van der Waals surface area contributed by atoms with E-state index in [2.05, 4.69) is 22.2 Å². The van der Waals surface area contributed by atoms with Gasteiger partial charge < -0.3 is 19.7 Å². The number of ether oxygens (including phenoxy) is 2. The molecule has 0 atom stereocenters. The van der Waals surface area contributed by atoms with E-state index in [1.165, 1.54) is 0 Å². The number of rotatable bonds is 8. The van der Waals surface area contributed by atoms with E-state index < -0.39 is 0 Å². The first-order chi connectivity index (χ1) is 11.2. The van der Waals surface area contributed by atoms with Crippen LogP contribution in [0.3, 0.4) is 0 Å². The lowest BCUT2D eigenvalue weighted by Crippen LogP contribution is -2.48. The predicted octanol–water partition coefficient (Wildman–Crippen LogP) is 0.828. The molecule has 1 aromatic carbocycles. The molecule has 1 aliphatic rings. The van der Waals surface area contributed by atoms with Crippen LogP contribution in [0, 0.1) is 0 Å². The van der Waals surface area contributed by atoms with Gasteiger partial charge in [-0.2, -0.15) is 0 Å². The van der Waals surface area contributed by atoms with Crippen molar-refractivity contribution in [1.82, 2.24) is 15.1 Å². The zero-order valence-electron chi connectivity index (χ0n) is 14.1. The van der Waals surface area contributed by atoms with Crippen molar-refractivity contribution >= 4 is 5.91 Å². The van der Waals surface area contributed by atoms with Crippen LogP contribution in [0.2, 0.25) is 0 Å². The highest BCUT2D eigenvalue weighted by molar-refractivity contribution is 5.78. The average Bonchev–Trinajstić information content (AvgIpc) is 2.55. The lowest BCUT2D eigenvalue weighted by atomic mass is 10.3. The van der Waals surface area contributed by atoms with E-state index in [0.717, 1.165) is 37.7 Å². The highest BCUT2D eigenvalue weighted by Gasteiger charge is 2.16. The first-order valence-corrected chi connectivity index (χ1v) is 8.20. The number of nitrogens with one attached hydrogen (secondary N) is 1. The number of hydrogen-bond donors (Lipinski definition) is 1. The minimum Gasteiger partial charge on any atom is -0.494 e. The number of piperazine rings is 1. The summed E-state index contributed by atoms with van der Waals surface area (Å²) in [4.78, 5) is 16.3. The fourth-order valence-electron chi connectivity index (χ4n) is 2.42. The second kappa shape index (κ2) is 9.37. The molecule has 2 rings (SSSR count). The number of hydrogen-bond acceptors (Lipinski definition) is 5. The van der Waals surface area contributed by atoms with Crippen molar-refractivity contribution < 1.29 is 14.3 Å². The molecular formula is C17H27N3O3. The van der Waals surface area contributed by atoms with Crippen LogP contribution in [0.4, 0.5) is 0 Å². The van der Waals surface area contributed by atoms with Gasteiger partial charge in [-0.25, -0.2) is 0 Å². The zero-order chi connectivity index (χ0) is 16.5. The molecule has 0 bridgehead atoms. The molecule has 1 aromatic rings. The molecule has 0 radical (unpaired) electrons. The van der Waals surface area contributed by atoms with Crippen molar-refractivity contribution in [3.8, 4) is 11.5 Å². The molecular weight excluding hydrogens is 294 g/mol. The summed E-state index contributed by atoms with van der Waals surface area (Å²) in [5.41, 5.74) is 0. The number of carbonyl (C=O) groups is 1. The van der Waals surface area contributed by atoms with Crippen LogP contribution in [0.1, 0.15) is 6.92 Å². The van der Waals surface area contributed by atoms with Gasteiger partial charge in [-0.1, -0.05) is 0 Å². The summed E-state index contributed by atoms with van der Waals surface area (Å²) in [6, 6.07) is 7.50. The van der Waals surface area contributed by atoms with Crippen LogP contribution in [-0.4, -0.2) is 75.2 Å². The number of carbonyl (C=O) groups excluding carboxylic acids is 1. The minimum atomic E-state index is 0.0600. The summed E-state index contributed by atoms with van der Waals surface area (Å²) in [7, 11) is 2.11. The van der Waals surface area contributed by atoms with Gasteiger partial charge in [-0.05, 0) is 38.2 Å². The molecule has 128 valence electrons. The van der Waals surface area contributed by atoms with Crippen molar-refractivity contribution in [1.29, 1.82) is 0 Å². The molecule has 0 aromatic heterocycles. The van der Waals surface area contributed by atoms with Crippen LogP contribution in [-0.2, 0) is 4.79 Å². The molecule has 1 N–H and O–H groups in total. The molecule has 1 fully saturated rings. The maximum Gasteiger partial charge on any atom is 0.234 e. The Morgan fingerprint density at radius 3 is 2.30 bits per heavy atom. The lowest BCUT2D eigenvalue weighted by Gasteiger charge is -2.31. The lowest BCUT2D eigenvalue weighted by molar-refractivity contribution is -0.122.